The van der Waals surface area contributed by atoms with Crippen molar-refractivity contribution in [2.45, 2.75) is 13.3 Å². The van der Waals surface area contributed by atoms with Crippen molar-refractivity contribution in [2.24, 2.45) is 0 Å². The number of ether oxygens (including phenoxy) is 1. The van der Waals surface area contributed by atoms with E-state index in [0.29, 0.717) is 30.0 Å². The third-order valence-corrected chi connectivity index (χ3v) is 2.86. The molecule has 0 saturated carbocycles. The number of halogens is 1. The molecule has 1 aliphatic rings. The molecule has 0 spiro atoms. The summed E-state index contributed by atoms with van der Waals surface area (Å²) in [6.07, 6.45) is 4.00. The first-order valence-electron chi connectivity index (χ1n) is 5.49. The molecule has 0 unspecified atom stereocenters. The molecule has 2 heterocycles. The maximum absolute atomic E-state index is 13.5. The third kappa shape index (κ3) is 1.65. The number of aryl methyl sites for hydroxylation is 1. The summed E-state index contributed by atoms with van der Waals surface area (Å²) in [6, 6.07) is 3.16. The Morgan fingerprint density at radius 1 is 1.24 bits per heavy atom. The van der Waals surface area contributed by atoms with E-state index in [0.717, 1.165) is 11.3 Å². The second kappa shape index (κ2) is 3.80. The summed E-state index contributed by atoms with van der Waals surface area (Å²) in [7, 11) is 0. The van der Waals surface area contributed by atoms with Crippen LogP contribution in [-0.4, -0.2) is 16.6 Å². The van der Waals surface area contributed by atoms with Crippen molar-refractivity contribution < 1.29 is 9.13 Å². The van der Waals surface area contributed by atoms with Gasteiger partial charge in [-0.2, -0.15) is 0 Å². The Morgan fingerprint density at radius 3 is 2.88 bits per heavy atom. The fourth-order valence-corrected chi connectivity index (χ4v) is 1.99. The molecule has 86 valence electrons. The average Bonchev–Trinajstić information content (AvgIpc) is 2.81. The molecule has 4 heteroatoms. The lowest BCUT2D eigenvalue weighted by Crippen LogP contribution is -1.93. The van der Waals surface area contributed by atoms with Gasteiger partial charge >= 0.3 is 0 Å². The molecule has 0 aliphatic carbocycles. The van der Waals surface area contributed by atoms with Gasteiger partial charge in [-0.15, -0.1) is 0 Å². The summed E-state index contributed by atoms with van der Waals surface area (Å²) in [6.45, 7) is 2.41. The zero-order chi connectivity index (χ0) is 11.8. The van der Waals surface area contributed by atoms with Gasteiger partial charge < -0.3 is 4.74 Å². The first-order chi connectivity index (χ1) is 8.25. The van der Waals surface area contributed by atoms with Crippen molar-refractivity contribution >= 4 is 0 Å². The molecule has 3 rings (SSSR count). The number of fused-ring (bicyclic) bond motifs is 1. The third-order valence-electron chi connectivity index (χ3n) is 2.86. The Balaban J connectivity index is 2.16. The summed E-state index contributed by atoms with van der Waals surface area (Å²) in [5.41, 5.74) is 3.03. The van der Waals surface area contributed by atoms with Crippen LogP contribution >= 0.6 is 0 Å². The number of nitrogens with zero attached hydrogens (tertiary/aromatic N) is 2. The molecule has 0 amide bonds. The highest BCUT2D eigenvalue weighted by atomic mass is 19.1. The Hall–Kier alpha value is -1.97. The standard InChI is InChI=1S/C13H11FN2O/c1-8-6-16-12(7-15-8)10-2-3-11(14)9-4-5-17-13(9)10/h2-3,6-7H,4-5H2,1H3. The van der Waals surface area contributed by atoms with Crippen molar-refractivity contribution in [2.75, 3.05) is 6.61 Å². The van der Waals surface area contributed by atoms with Gasteiger partial charge in [0, 0.05) is 23.7 Å². The molecule has 0 N–H and O–H groups in total. The van der Waals surface area contributed by atoms with E-state index in [-0.39, 0.29) is 5.82 Å². The molecule has 0 saturated heterocycles. The lowest BCUT2D eigenvalue weighted by molar-refractivity contribution is 0.358. The van der Waals surface area contributed by atoms with E-state index in [1.807, 2.05) is 6.92 Å². The SMILES string of the molecule is Cc1cnc(-c2ccc(F)c3c2OCC3)cn1. The maximum atomic E-state index is 13.5. The van der Waals surface area contributed by atoms with Gasteiger partial charge in [0.05, 0.1) is 24.2 Å². The van der Waals surface area contributed by atoms with Gasteiger partial charge in [-0.05, 0) is 19.1 Å². The van der Waals surface area contributed by atoms with Gasteiger partial charge in [0.15, 0.2) is 0 Å². The Morgan fingerprint density at radius 2 is 2.12 bits per heavy atom. The first kappa shape index (κ1) is 10.2. The van der Waals surface area contributed by atoms with Crippen molar-refractivity contribution in [1.82, 2.24) is 9.97 Å². The molecule has 3 nitrogen and oxygen atoms in total. The largest absolute Gasteiger partial charge is 0.492 e. The van der Waals surface area contributed by atoms with E-state index in [2.05, 4.69) is 9.97 Å². The van der Waals surface area contributed by atoms with Crippen LogP contribution in [0.3, 0.4) is 0 Å². The van der Waals surface area contributed by atoms with Gasteiger partial charge in [0.2, 0.25) is 0 Å². The average molecular weight is 230 g/mol. The molecule has 1 aromatic heterocycles. The van der Waals surface area contributed by atoms with Crippen molar-refractivity contribution in [3.05, 3.63) is 41.6 Å². The number of rotatable bonds is 1. The van der Waals surface area contributed by atoms with Crippen LogP contribution in [0, 0.1) is 12.7 Å². The van der Waals surface area contributed by atoms with Crippen molar-refractivity contribution in [1.29, 1.82) is 0 Å². The molecule has 2 aromatic rings. The molecular weight excluding hydrogens is 219 g/mol. The molecule has 17 heavy (non-hydrogen) atoms. The Kier molecular flexibility index (Phi) is 2.28. The first-order valence-corrected chi connectivity index (χ1v) is 5.49. The van der Waals surface area contributed by atoms with Crippen LogP contribution in [0.4, 0.5) is 4.39 Å². The fourth-order valence-electron chi connectivity index (χ4n) is 1.99. The highest BCUT2D eigenvalue weighted by Crippen LogP contribution is 2.37. The minimum Gasteiger partial charge on any atom is -0.492 e. The van der Waals surface area contributed by atoms with E-state index < -0.39 is 0 Å². The second-order valence-electron chi connectivity index (χ2n) is 4.04. The van der Waals surface area contributed by atoms with Gasteiger partial charge in [-0.1, -0.05) is 0 Å². The molecule has 1 aliphatic heterocycles. The monoisotopic (exact) mass is 230 g/mol. The van der Waals surface area contributed by atoms with Gasteiger partial charge in [-0.25, -0.2) is 4.39 Å². The fraction of sp³-hybridized carbons (Fsp3) is 0.231. The van der Waals surface area contributed by atoms with Crippen LogP contribution in [-0.2, 0) is 6.42 Å². The summed E-state index contributed by atoms with van der Waals surface area (Å²) >= 11 is 0. The van der Waals surface area contributed by atoms with Crippen LogP contribution in [0.25, 0.3) is 11.3 Å². The van der Waals surface area contributed by atoms with Gasteiger partial charge in [0.25, 0.3) is 0 Å². The Bertz CT molecular complexity index is 566. The lowest BCUT2D eigenvalue weighted by atomic mass is 10.1. The molecule has 0 fully saturated rings. The minimum atomic E-state index is -0.207. The van der Waals surface area contributed by atoms with Crippen LogP contribution in [0.2, 0.25) is 0 Å². The maximum Gasteiger partial charge on any atom is 0.135 e. The number of benzene rings is 1. The minimum absolute atomic E-state index is 0.207. The number of hydrogen-bond donors (Lipinski definition) is 0. The summed E-state index contributed by atoms with van der Waals surface area (Å²) in [4.78, 5) is 8.48. The molecule has 0 bridgehead atoms. The Labute approximate surface area is 98.3 Å². The van der Waals surface area contributed by atoms with Crippen LogP contribution in [0.15, 0.2) is 24.5 Å². The van der Waals surface area contributed by atoms with Crippen LogP contribution < -0.4 is 4.74 Å². The van der Waals surface area contributed by atoms with E-state index in [1.54, 1.807) is 18.5 Å². The molecule has 1 aromatic carbocycles. The highest BCUT2D eigenvalue weighted by Gasteiger charge is 2.21. The van der Waals surface area contributed by atoms with Crippen LogP contribution in [0.1, 0.15) is 11.3 Å². The van der Waals surface area contributed by atoms with Gasteiger partial charge in [-0.3, -0.25) is 9.97 Å². The van der Waals surface area contributed by atoms with E-state index in [1.165, 1.54) is 6.07 Å². The highest BCUT2D eigenvalue weighted by molar-refractivity contribution is 5.69. The van der Waals surface area contributed by atoms with E-state index in [9.17, 15) is 4.39 Å². The molecule has 0 atom stereocenters. The summed E-state index contributed by atoms with van der Waals surface area (Å²) in [5, 5.41) is 0. The van der Waals surface area contributed by atoms with E-state index >= 15 is 0 Å². The zero-order valence-electron chi connectivity index (χ0n) is 9.40. The molecule has 0 radical (unpaired) electrons. The van der Waals surface area contributed by atoms with E-state index in [4.69, 9.17) is 4.74 Å². The summed E-state index contributed by atoms with van der Waals surface area (Å²) < 4.78 is 19.0. The smallest absolute Gasteiger partial charge is 0.135 e. The number of hydrogen-bond acceptors (Lipinski definition) is 3. The van der Waals surface area contributed by atoms with Gasteiger partial charge in [0.1, 0.15) is 11.6 Å². The quantitative estimate of drug-likeness (QED) is 0.755. The second-order valence-corrected chi connectivity index (χ2v) is 4.04. The number of aromatic nitrogens is 2. The normalized spacial score (nSPS) is 13.3. The zero-order valence-corrected chi connectivity index (χ0v) is 9.40. The predicted molar refractivity (Wildman–Crippen MR) is 61.4 cm³/mol. The van der Waals surface area contributed by atoms with Crippen LogP contribution in [0.5, 0.6) is 5.75 Å². The predicted octanol–water partition coefficient (Wildman–Crippen LogP) is 2.53. The summed E-state index contributed by atoms with van der Waals surface area (Å²) in [5.74, 6) is 0.407. The topological polar surface area (TPSA) is 35.0 Å². The van der Waals surface area contributed by atoms with Crippen molar-refractivity contribution in [3.8, 4) is 17.0 Å². The molecular formula is C13H11FN2O. The van der Waals surface area contributed by atoms with Crippen molar-refractivity contribution in [3.63, 3.8) is 0 Å². The lowest BCUT2D eigenvalue weighted by Gasteiger charge is -2.07.